The van der Waals surface area contributed by atoms with Gasteiger partial charge in [-0.25, -0.2) is 9.97 Å². The number of pyridine rings is 1. The molecule has 94 valence electrons. The highest BCUT2D eigenvalue weighted by Gasteiger charge is 2.15. The van der Waals surface area contributed by atoms with E-state index in [4.69, 9.17) is 11.6 Å². The molecule has 0 spiro atoms. The number of hydrogen-bond donors (Lipinski definition) is 2. The molecule has 0 saturated heterocycles. The monoisotopic (exact) mass is 265 g/mol. The predicted molar refractivity (Wildman–Crippen MR) is 67.7 cm³/mol. The van der Waals surface area contributed by atoms with E-state index in [1.165, 1.54) is 0 Å². The Bertz CT molecular complexity index is 566. The Kier molecular flexibility index (Phi) is 3.57. The molecule has 0 aliphatic rings. The Morgan fingerprint density at radius 3 is 2.89 bits per heavy atom. The first-order chi connectivity index (χ1) is 8.58. The summed E-state index contributed by atoms with van der Waals surface area (Å²) >= 11 is 5.89. The Morgan fingerprint density at radius 1 is 1.50 bits per heavy atom. The van der Waals surface area contributed by atoms with Crippen LogP contribution in [0.2, 0.25) is 5.02 Å². The molecule has 1 amide bonds. The van der Waals surface area contributed by atoms with Crippen LogP contribution in [0, 0.1) is 0 Å². The molecule has 0 bridgehead atoms. The molecule has 0 aliphatic heterocycles. The number of hydrogen-bond acceptors (Lipinski definition) is 4. The van der Waals surface area contributed by atoms with Crippen molar-refractivity contribution in [2.45, 2.75) is 19.8 Å². The maximum Gasteiger partial charge on any atom is 0.296 e. The van der Waals surface area contributed by atoms with Crippen LogP contribution in [0.3, 0.4) is 0 Å². The van der Waals surface area contributed by atoms with Gasteiger partial charge in [-0.15, -0.1) is 5.10 Å². The summed E-state index contributed by atoms with van der Waals surface area (Å²) < 4.78 is 0. The van der Waals surface area contributed by atoms with Crippen LogP contribution in [0.1, 0.15) is 36.2 Å². The molecule has 7 heteroatoms. The van der Waals surface area contributed by atoms with Crippen LogP contribution in [0.25, 0.3) is 0 Å². The molecule has 0 saturated carbocycles. The van der Waals surface area contributed by atoms with Crippen LogP contribution < -0.4 is 5.32 Å². The molecular formula is C11H12ClN5O. The van der Waals surface area contributed by atoms with Crippen LogP contribution in [0.4, 0.5) is 5.82 Å². The highest BCUT2D eigenvalue weighted by atomic mass is 35.5. The summed E-state index contributed by atoms with van der Waals surface area (Å²) in [4.78, 5) is 19.9. The third kappa shape index (κ3) is 2.65. The van der Waals surface area contributed by atoms with Crippen molar-refractivity contribution in [3.63, 3.8) is 0 Å². The minimum absolute atomic E-state index is 0.0698. The number of carbonyl (C=O) groups excluding carboxylic acids is 1. The molecule has 2 heterocycles. The van der Waals surface area contributed by atoms with Crippen molar-refractivity contribution in [1.82, 2.24) is 20.2 Å². The summed E-state index contributed by atoms with van der Waals surface area (Å²) in [6.07, 6.45) is 1.54. The lowest BCUT2D eigenvalue weighted by Gasteiger charge is -2.02. The topological polar surface area (TPSA) is 83.6 Å². The van der Waals surface area contributed by atoms with Gasteiger partial charge in [-0.1, -0.05) is 25.4 Å². The van der Waals surface area contributed by atoms with Crippen LogP contribution in [-0.2, 0) is 0 Å². The van der Waals surface area contributed by atoms with Crippen molar-refractivity contribution in [1.29, 1.82) is 0 Å². The molecule has 2 rings (SSSR count). The number of halogens is 1. The number of aromatic nitrogens is 4. The van der Waals surface area contributed by atoms with Crippen molar-refractivity contribution < 1.29 is 4.79 Å². The summed E-state index contributed by atoms with van der Waals surface area (Å²) in [5.74, 6) is 0.754. The van der Waals surface area contributed by atoms with E-state index in [0.717, 1.165) is 0 Å². The largest absolute Gasteiger partial charge is 0.303 e. The second kappa shape index (κ2) is 5.14. The highest BCUT2D eigenvalue weighted by molar-refractivity contribution is 6.33. The van der Waals surface area contributed by atoms with Crippen LogP contribution >= 0.6 is 11.6 Å². The lowest BCUT2D eigenvalue weighted by Crippen LogP contribution is -2.15. The quantitative estimate of drug-likeness (QED) is 0.891. The maximum absolute atomic E-state index is 11.8. The van der Waals surface area contributed by atoms with Gasteiger partial charge in [0, 0.05) is 12.1 Å². The van der Waals surface area contributed by atoms with Crippen molar-refractivity contribution in [2.75, 3.05) is 5.32 Å². The Hall–Kier alpha value is -1.95. The van der Waals surface area contributed by atoms with E-state index in [-0.39, 0.29) is 11.7 Å². The molecular weight excluding hydrogens is 254 g/mol. The SMILES string of the molecule is CC(C)c1nc(C(=O)Nc2ncccc2Cl)n[nH]1. The smallest absolute Gasteiger partial charge is 0.296 e. The van der Waals surface area contributed by atoms with Gasteiger partial charge in [0.05, 0.1) is 5.02 Å². The number of rotatable bonds is 3. The molecule has 6 nitrogen and oxygen atoms in total. The van der Waals surface area contributed by atoms with Gasteiger partial charge < -0.3 is 5.32 Å². The normalized spacial score (nSPS) is 10.7. The Labute approximate surface area is 109 Å². The van der Waals surface area contributed by atoms with Gasteiger partial charge in [-0.2, -0.15) is 0 Å². The van der Waals surface area contributed by atoms with E-state index >= 15 is 0 Å². The summed E-state index contributed by atoms with van der Waals surface area (Å²) in [6, 6.07) is 3.32. The Balaban J connectivity index is 2.15. The van der Waals surface area contributed by atoms with Gasteiger partial charge in [-0.05, 0) is 12.1 Å². The summed E-state index contributed by atoms with van der Waals surface area (Å²) in [5, 5.41) is 9.47. The number of nitrogens with zero attached hydrogens (tertiary/aromatic N) is 3. The zero-order chi connectivity index (χ0) is 13.1. The molecule has 0 aromatic carbocycles. The summed E-state index contributed by atoms with van der Waals surface area (Å²) in [7, 11) is 0. The molecule has 0 aliphatic carbocycles. The van der Waals surface area contributed by atoms with E-state index < -0.39 is 5.91 Å². The summed E-state index contributed by atoms with van der Waals surface area (Å²) in [6.45, 7) is 3.91. The molecule has 0 radical (unpaired) electrons. The molecule has 0 unspecified atom stereocenters. The second-order valence-corrected chi connectivity index (χ2v) is 4.39. The van der Waals surface area contributed by atoms with Crippen LogP contribution in [-0.4, -0.2) is 26.1 Å². The van der Waals surface area contributed by atoms with E-state index in [0.29, 0.717) is 16.7 Å². The van der Waals surface area contributed by atoms with Gasteiger partial charge >= 0.3 is 0 Å². The van der Waals surface area contributed by atoms with Crippen LogP contribution in [0.5, 0.6) is 0 Å². The maximum atomic E-state index is 11.8. The zero-order valence-electron chi connectivity index (χ0n) is 9.94. The molecule has 2 aromatic rings. The van der Waals surface area contributed by atoms with E-state index in [1.807, 2.05) is 13.8 Å². The fourth-order valence-electron chi connectivity index (χ4n) is 1.28. The van der Waals surface area contributed by atoms with Crippen molar-refractivity contribution >= 4 is 23.3 Å². The fraction of sp³-hybridized carbons (Fsp3) is 0.273. The first-order valence-electron chi connectivity index (χ1n) is 5.42. The second-order valence-electron chi connectivity index (χ2n) is 3.99. The standard InChI is InChI=1S/C11H12ClN5O/c1-6(2)8-14-10(17-16-8)11(18)15-9-7(12)4-3-5-13-9/h3-6H,1-2H3,(H,13,15,18)(H,14,16,17). The minimum Gasteiger partial charge on any atom is -0.303 e. The van der Waals surface area contributed by atoms with E-state index in [1.54, 1.807) is 18.3 Å². The van der Waals surface area contributed by atoms with Crippen molar-refractivity contribution in [3.8, 4) is 0 Å². The summed E-state index contributed by atoms with van der Waals surface area (Å²) in [5.41, 5.74) is 0. The fourth-order valence-corrected chi connectivity index (χ4v) is 1.44. The number of anilines is 1. The number of nitrogens with one attached hydrogen (secondary N) is 2. The van der Waals surface area contributed by atoms with Crippen molar-refractivity contribution in [3.05, 3.63) is 35.0 Å². The molecule has 18 heavy (non-hydrogen) atoms. The van der Waals surface area contributed by atoms with Gasteiger partial charge in [0.25, 0.3) is 5.91 Å². The highest BCUT2D eigenvalue weighted by Crippen LogP contribution is 2.17. The Morgan fingerprint density at radius 2 is 2.28 bits per heavy atom. The van der Waals surface area contributed by atoms with Gasteiger partial charge in [0.2, 0.25) is 5.82 Å². The third-order valence-corrected chi connectivity index (χ3v) is 2.55. The van der Waals surface area contributed by atoms with Gasteiger partial charge in [-0.3, -0.25) is 9.89 Å². The first kappa shape index (κ1) is 12.5. The molecule has 0 fully saturated rings. The lowest BCUT2D eigenvalue weighted by atomic mass is 10.2. The lowest BCUT2D eigenvalue weighted by molar-refractivity contribution is 0.101. The molecule has 0 atom stereocenters. The average molecular weight is 266 g/mol. The number of carbonyl (C=O) groups is 1. The first-order valence-corrected chi connectivity index (χ1v) is 5.80. The average Bonchev–Trinajstić information content (AvgIpc) is 2.81. The third-order valence-electron chi connectivity index (χ3n) is 2.24. The number of H-pyrrole nitrogens is 1. The van der Waals surface area contributed by atoms with Crippen molar-refractivity contribution in [2.24, 2.45) is 0 Å². The van der Waals surface area contributed by atoms with E-state index in [9.17, 15) is 4.79 Å². The minimum atomic E-state index is -0.446. The number of amides is 1. The van der Waals surface area contributed by atoms with E-state index in [2.05, 4.69) is 25.5 Å². The van der Waals surface area contributed by atoms with Gasteiger partial charge in [0.1, 0.15) is 5.82 Å². The zero-order valence-corrected chi connectivity index (χ0v) is 10.7. The van der Waals surface area contributed by atoms with Gasteiger partial charge in [0.15, 0.2) is 5.82 Å². The van der Waals surface area contributed by atoms with Crippen LogP contribution in [0.15, 0.2) is 18.3 Å². The molecule has 2 N–H and O–H groups in total. The predicted octanol–water partition coefficient (Wildman–Crippen LogP) is 2.23. The number of aromatic amines is 1. The molecule has 2 aromatic heterocycles.